The molecular formula is C21H34N4O3. The number of benzene rings is 1. The van der Waals surface area contributed by atoms with Gasteiger partial charge in [-0.2, -0.15) is 0 Å². The van der Waals surface area contributed by atoms with Gasteiger partial charge in [0.25, 0.3) is 0 Å². The Morgan fingerprint density at radius 2 is 1.93 bits per heavy atom. The normalized spacial score (nSPS) is 14.9. The molecule has 1 aromatic rings. The molecule has 28 heavy (non-hydrogen) atoms. The zero-order valence-corrected chi connectivity index (χ0v) is 17.8. The van der Waals surface area contributed by atoms with Crippen LogP contribution in [-0.2, 0) is 17.8 Å². The van der Waals surface area contributed by atoms with E-state index in [2.05, 4.69) is 29.5 Å². The van der Waals surface area contributed by atoms with Gasteiger partial charge < -0.3 is 25.0 Å². The van der Waals surface area contributed by atoms with Gasteiger partial charge in [-0.05, 0) is 49.4 Å². The summed E-state index contributed by atoms with van der Waals surface area (Å²) in [6.07, 6.45) is 3.17. The van der Waals surface area contributed by atoms with E-state index in [1.807, 2.05) is 17.0 Å². The predicted octanol–water partition coefficient (Wildman–Crippen LogP) is 2.33. The summed E-state index contributed by atoms with van der Waals surface area (Å²) in [5.41, 5.74) is 2.36. The standard InChI is InChI=1S/C21H34N4O3/c1-6-15(2)24-21(22-3)23-10-7-8-20(26)25-11-9-16-12-18(27-4)19(28-5)13-17(16)14-25/h12-13,15H,6-11,14H2,1-5H3,(H2,22,23,24). The molecule has 1 unspecified atom stereocenters. The average molecular weight is 391 g/mol. The van der Waals surface area contributed by atoms with Crippen LogP contribution in [0.1, 0.15) is 44.2 Å². The first-order chi connectivity index (χ1) is 13.5. The van der Waals surface area contributed by atoms with Crippen molar-refractivity contribution in [2.75, 3.05) is 34.4 Å². The van der Waals surface area contributed by atoms with Crippen molar-refractivity contribution >= 4 is 11.9 Å². The van der Waals surface area contributed by atoms with Crippen molar-refractivity contribution in [1.82, 2.24) is 15.5 Å². The molecule has 0 saturated heterocycles. The maximum atomic E-state index is 12.6. The van der Waals surface area contributed by atoms with Gasteiger partial charge in [0.05, 0.1) is 14.2 Å². The number of ether oxygens (including phenoxy) is 2. The minimum Gasteiger partial charge on any atom is -0.493 e. The molecule has 0 fully saturated rings. The fraction of sp³-hybridized carbons (Fsp3) is 0.619. The molecule has 2 rings (SSSR count). The second-order valence-electron chi connectivity index (χ2n) is 7.10. The molecule has 1 aliphatic rings. The second kappa shape index (κ2) is 10.8. The number of nitrogens with zero attached hydrogens (tertiary/aromatic N) is 2. The van der Waals surface area contributed by atoms with E-state index < -0.39 is 0 Å². The first-order valence-electron chi connectivity index (χ1n) is 10.0. The van der Waals surface area contributed by atoms with E-state index in [4.69, 9.17) is 9.47 Å². The number of rotatable bonds is 8. The zero-order chi connectivity index (χ0) is 20.5. The van der Waals surface area contributed by atoms with E-state index in [1.54, 1.807) is 21.3 Å². The van der Waals surface area contributed by atoms with Crippen molar-refractivity contribution < 1.29 is 14.3 Å². The molecule has 156 valence electrons. The summed E-state index contributed by atoms with van der Waals surface area (Å²) in [6, 6.07) is 4.38. The Morgan fingerprint density at radius 3 is 2.54 bits per heavy atom. The van der Waals surface area contributed by atoms with E-state index in [9.17, 15) is 4.79 Å². The Hall–Kier alpha value is -2.44. The van der Waals surface area contributed by atoms with Crippen molar-refractivity contribution in [2.24, 2.45) is 4.99 Å². The summed E-state index contributed by atoms with van der Waals surface area (Å²) in [4.78, 5) is 18.8. The van der Waals surface area contributed by atoms with Crippen LogP contribution in [0.25, 0.3) is 0 Å². The Bertz CT molecular complexity index is 690. The number of aliphatic imine (C=N–C) groups is 1. The summed E-state index contributed by atoms with van der Waals surface area (Å²) in [5.74, 6) is 2.42. The Kier molecular flexibility index (Phi) is 8.42. The molecule has 0 saturated carbocycles. The highest BCUT2D eigenvalue weighted by molar-refractivity contribution is 5.80. The van der Waals surface area contributed by atoms with E-state index in [1.165, 1.54) is 5.56 Å². The van der Waals surface area contributed by atoms with Crippen molar-refractivity contribution in [3.8, 4) is 11.5 Å². The maximum absolute atomic E-state index is 12.6. The van der Waals surface area contributed by atoms with Crippen LogP contribution in [0.2, 0.25) is 0 Å². The van der Waals surface area contributed by atoms with Gasteiger partial charge in [-0.25, -0.2) is 0 Å². The minimum atomic E-state index is 0.187. The molecule has 0 radical (unpaired) electrons. The van der Waals surface area contributed by atoms with E-state index in [-0.39, 0.29) is 5.91 Å². The lowest BCUT2D eigenvalue weighted by Crippen LogP contribution is -2.42. The number of carbonyl (C=O) groups is 1. The number of hydrogen-bond donors (Lipinski definition) is 2. The van der Waals surface area contributed by atoms with Crippen molar-refractivity contribution in [1.29, 1.82) is 0 Å². The summed E-state index contributed by atoms with van der Waals surface area (Å²) < 4.78 is 10.8. The minimum absolute atomic E-state index is 0.187. The SMILES string of the molecule is CCC(C)NC(=NC)NCCCC(=O)N1CCc2cc(OC)c(OC)cc2C1. The monoisotopic (exact) mass is 390 g/mol. The largest absolute Gasteiger partial charge is 0.493 e. The third-order valence-electron chi connectivity index (χ3n) is 5.15. The molecule has 2 N–H and O–H groups in total. The van der Waals surface area contributed by atoms with Crippen molar-refractivity contribution in [3.63, 3.8) is 0 Å². The van der Waals surface area contributed by atoms with Crippen LogP contribution in [0, 0.1) is 0 Å². The van der Waals surface area contributed by atoms with Crippen LogP contribution in [0.5, 0.6) is 11.5 Å². The molecule has 1 atom stereocenters. The number of carbonyl (C=O) groups excluding carboxylic acids is 1. The summed E-state index contributed by atoms with van der Waals surface area (Å²) in [5, 5.41) is 6.59. The topological polar surface area (TPSA) is 75.2 Å². The Balaban J connectivity index is 1.83. The quantitative estimate of drug-likeness (QED) is 0.405. The lowest BCUT2D eigenvalue weighted by atomic mass is 9.98. The smallest absolute Gasteiger partial charge is 0.222 e. The van der Waals surface area contributed by atoms with Crippen LogP contribution in [0.15, 0.2) is 17.1 Å². The second-order valence-corrected chi connectivity index (χ2v) is 7.10. The van der Waals surface area contributed by atoms with E-state index in [0.717, 1.165) is 49.6 Å². The molecule has 0 bridgehead atoms. The predicted molar refractivity (Wildman–Crippen MR) is 112 cm³/mol. The summed E-state index contributed by atoms with van der Waals surface area (Å²) in [7, 11) is 5.04. The highest BCUT2D eigenvalue weighted by Gasteiger charge is 2.22. The molecule has 1 aliphatic heterocycles. The van der Waals surface area contributed by atoms with Gasteiger partial charge in [0.1, 0.15) is 0 Å². The third-order valence-corrected chi connectivity index (χ3v) is 5.15. The molecule has 0 aliphatic carbocycles. The number of guanidine groups is 1. The van der Waals surface area contributed by atoms with Gasteiger partial charge in [0.2, 0.25) is 5.91 Å². The first kappa shape index (κ1) is 21.9. The van der Waals surface area contributed by atoms with Gasteiger partial charge in [0.15, 0.2) is 17.5 Å². The molecule has 7 nitrogen and oxygen atoms in total. The fourth-order valence-corrected chi connectivity index (χ4v) is 3.23. The van der Waals surface area contributed by atoms with E-state index in [0.29, 0.717) is 24.8 Å². The van der Waals surface area contributed by atoms with Gasteiger partial charge in [-0.1, -0.05) is 6.92 Å². The van der Waals surface area contributed by atoms with Gasteiger partial charge in [0, 0.05) is 39.1 Å². The average Bonchev–Trinajstić information content (AvgIpc) is 2.73. The zero-order valence-electron chi connectivity index (χ0n) is 17.8. The van der Waals surface area contributed by atoms with Gasteiger partial charge >= 0.3 is 0 Å². The van der Waals surface area contributed by atoms with Gasteiger partial charge in [-0.15, -0.1) is 0 Å². The van der Waals surface area contributed by atoms with Gasteiger partial charge in [-0.3, -0.25) is 9.79 Å². The van der Waals surface area contributed by atoms with Crippen LogP contribution in [-0.4, -0.2) is 57.2 Å². The molecule has 1 amide bonds. The Morgan fingerprint density at radius 1 is 1.25 bits per heavy atom. The van der Waals surface area contributed by atoms with Crippen LogP contribution < -0.4 is 20.1 Å². The number of methoxy groups -OCH3 is 2. The number of amides is 1. The van der Waals surface area contributed by atoms with Crippen LogP contribution in [0.4, 0.5) is 0 Å². The van der Waals surface area contributed by atoms with Crippen LogP contribution in [0.3, 0.4) is 0 Å². The molecule has 1 aromatic carbocycles. The first-order valence-corrected chi connectivity index (χ1v) is 10.0. The molecule has 1 heterocycles. The number of nitrogens with one attached hydrogen (secondary N) is 2. The van der Waals surface area contributed by atoms with E-state index >= 15 is 0 Å². The van der Waals surface area contributed by atoms with Crippen molar-refractivity contribution in [2.45, 2.75) is 52.1 Å². The summed E-state index contributed by atoms with van der Waals surface area (Å²) >= 11 is 0. The molecule has 7 heteroatoms. The lowest BCUT2D eigenvalue weighted by Gasteiger charge is -2.29. The summed E-state index contributed by atoms with van der Waals surface area (Å²) in [6.45, 7) is 6.34. The van der Waals surface area contributed by atoms with Crippen molar-refractivity contribution in [3.05, 3.63) is 23.3 Å². The highest BCUT2D eigenvalue weighted by Crippen LogP contribution is 2.33. The third kappa shape index (κ3) is 5.78. The Labute approximate surface area is 168 Å². The molecule has 0 spiro atoms. The number of fused-ring (bicyclic) bond motifs is 1. The van der Waals surface area contributed by atoms with Crippen LogP contribution >= 0.6 is 0 Å². The molecule has 0 aromatic heterocycles. The molecular weight excluding hydrogens is 356 g/mol. The number of hydrogen-bond acceptors (Lipinski definition) is 4. The fourth-order valence-electron chi connectivity index (χ4n) is 3.23. The lowest BCUT2D eigenvalue weighted by molar-refractivity contribution is -0.132. The highest BCUT2D eigenvalue weighted by atomic mass is 16.5. The maximum Gasteiger partial charge on any atom is 0.222 e.